The summed E-state index contributed by atoms with van der Waals surface area (Å²) >= 11 is 0. The average Bonchev–Trinajstić information content (AvgIpc) is 3.00. The molecule has 0 spiro atoms. The maximum absolute atomic E-state index is 12.5. The number of hydrogen-bond acceptors (Lipinski definition) is 12. The molecule has 0 atom stereocenters. The van der Waals surface area contributed by atoms with E-state index in [0.29, 0.717) is 93.2 Å². The van der Waals surface area contributed by atoms with E-state index in [1.165, 1.54) is 0 Å². The molecule has 220 valence electrons. The summed E-state index contributed by atoms with van der Waals surface area (Å²) in [4.78, 5) is 25.8. The van der Waals surface area contributed by atoms with Crippen LogP contribution in [-0.4, -0.2) is 81.1 Å². The Balaban J connectivity index is 1.60. The molecule has 0 radical (unpaired) electrons. The lowest BCUT2D eigenvalue weighted by molar-refractivity contribution is 0.0511. The number of anilines is 4. The van der Waals surface area contributed by atoms with E-state index >= 15 is 0 Å². The minimum absolute atomic E-state index is 0.199. The SMILES string of the molecule is C=CCNc1nc(NCc2cccc(OC)c2OC)nc(Nc2ccc(C(=O)NCCOCCOCCN)cc2)n1. The number of amides is 1. The van der Waals surface area contributed by atoms with Crippen molar-refractivity contribution in [1.82, 2.24) is 20.3 Å². The number of para-hydroxylation sites is 1. The lowest BCUT2D eigenvalue weighted by atomic mass is 10.2. The fraction of sp³-hybridized carbons (Fsp3) is 0.357. The van der Waals surface area contributed by atoms with E-state index in [1.807, 2.05) is 18.2 Å². The Morgan fingerprint density at radius 1 is 0.902 bits per heavy atom. The van der Waals surface area contributed by atoms with Gasteiger partial charge < -0.3 is 45.9 Å². The van der Waals surface area contributed by atoms with Crippen molar-refractivity contribution < 1.29 is 23.7 Å². The van der Waals surface area contributed by atoms with Crippen LogP contribution in [0.1, 0.15) is 15.9 Å². The highest BCUT2D eigenvalue weighted by atomic mass is 16.5. The van der Waals surface area contributed by atoms with Crippen LogP contribution in [-0.2, 0) is 16.0 Å². The van der Waals surface area contributed by atoms with Crippen LogP contribution in [0.25, 0.3) is 0 Å². The number of rotatable bonds is 19. The van der Waals surface area contributed by atoms with E-state index in [-0.39, 0.29) is 5.91 Å². The molecular formula is C28H38N8O5. The van der Waals surface area contributed by atoms with Crippen LogP contribution in [0.15, 0.2) is 55.1 Å². The fourth-order valence-corrected chi connectivity index (χ4v) is 3.60. The first-order chi connectivity index (χ1) is 20.1. The third-order valence-electron chi connectivity index (χ3n) is 5.53. The molecule has 0 bridgehead atoms. The Morgan fingerprint density at radius 2 is 1.61 bits per heavy atom. The molecule has 0 aliphatic carbocycles. The zero-order chi connectivity index (χ0) is 29.3. The molecule has 1 aromatic heterocycles. The average molecular weight is 567 g/mol. The molecule has 3 rings (SSSR count). The van der Waals surface area contributed by atoms with E-state index in [9.17, 15) is 4.79 Å². The van der Waals surface area contributed by atoms with Gasteiger partial charge in [0.15, 0.2) is 11.5 Å². The first kappa shape index (κ1) is 31.1. The Bertz CT molecular complexity index is 1240. The van der Waals surface area contributed by atoms with Crippen LogP contribution in [0.2, 0.25) is 0 Å². The highest BCUT2D eigenvalue weighted by Crippen LogP contribution is 2.31. The summed E-state index contributed by atoms with van der Waals surface area (Å²) in [6, 6.07) is 12.6. The topological polar surface area (TPSA) is 167 Å². The summed E-state index contributed by atoms with van der Waals surface area (Å²) in [5.74, 6) is 2.10. The van der Waals surface area contributed by atoms with Crippen LogP contribution < -0.4 is 36.5 Å². The van der Waals surface area contributed by atoms with Gasteiger partial charge in [-0.3, -0.25) is 4.79 Å². The summed E-state index contributed by atoms with van der Waals surface area (Å²) < 4.78 is 21.6. The Labute approximate surface area is 239 Å². The van der Waals surface area contributed by atoms with E-state index in [1.54, 1.807) is 44.6 Å². The first-order valence-corrected chi connectivity index (χ1v) is 13.1. The van der Waals surface area contributed by atoms with E-state index in [0.717, 1.165) is 5.56 Å². The summed E-state index contributed by atoms with van der Waals surface area (Å²) in [6.07, 6.45) is 1.71. The molecule has 0 aliphatic rings. The quantitative estimate of drug-likeness (QED) is 0.106. The number of ether oxygens (including phenoxy) is 4. The van der Waals surface area contributed by atoms with E-state index < -0.39 is 0 Å². The monoisotopic (exact) mass is 566 g/mol. The highest BCUT2D eigenvalue weighted by molar-refractivity contribution is 5.94. The fourth-order valence-electron chi connectivity index (χ4n) is 3.60. The van der Waals surface area contributed by atoms with Gasteiger partial charge in [-0.05, 0) is 30.3 Å². The molecule has 13 heteroatoms. The minimum atomic E-state index is -0.199. The first-order valence-electron chi connectivity index (χ1n) is 13.1. The third-order valence-corrected chi connectivity index (χ3v) is 5.53. The van der Waals surface area contributed by atoms with Crippen LogP contribution >= 0.6 is 0 Å². The van der Waals surface area contributed by atoms with Crippen molar-refractivity contribution in [2.75, 3.05) is 76.2 Å². The molecule has 0 saturated carbocycles. The summed E-state index contributed by atoms with van der Waals surface area (Å²) in [6.45, 7) is 7.27. The molecule has 3 aromatic rings. The number of nitrogens with two attached hydrogens (primary N) is 1. The Kier molecular flexibility index (Phi) is 13.1. The van der Waals surface area contributed by atoms with Crippen LogP contribution in [0.4, 0.5) is 23.5 Å². The molecule has 0 saturated heterocycles. The van der Waals surface area contributed by atoms with Crippen LogP contribution in [0.5, 0.6) is 11.5 Å². The second-order valence-electron chi connectivity index (χ2n) is 8.45. The van der Waals surface area contributed by atoms with Gasteiger partial charge in [-0.2, -0.15) is 15.0 Å². The number of aromatic nitrogens is 3. The normalized spacial score (nSPS) is 10.5. The van der Waals surface area contributed by atoms with Gasteiger partial charge in [-0.15, -0.1) is 6.58 Å². The number of nitrogens with zero attached hydrogens (tertiary/aromatic N) is 3. The van der Waals surface area contributed by atoms with Gasteiger partial charge in [-0.25, -0.2) is 0 Å². The number of nitrogens with one attached hydrogen (secondary N) is 4. The summed E-state index contributed by atoms with van der Waals surface area (Å²) in [5, 5.41) is 12.3. The predicted octanol–water partition coefficient (Wildman–Crippen LogP) is 2.56. The van der Waals surface area contributed by atoms with Crippen molar-refractivity contribution in [3.8, 4) is 11.5 Å². The van der Waals surface area contributed by atoms with Crippen molar-refractivity contribution in [3.05, 3.63) is 66.2 Å². The van der Waals surface area contributed by atoms with Crippen LogP contribution in [0.3, 0.4) is 0 Å². The van der Waals surface area contributed by atoms with Crippen LogP contribution in [0, 0.1) is 0 Å². The Morgan fingerprint density at radius 3 is 2.29 bits per heavy atom. The van der Waals surface area contributed by atoms with Gasteiger partial charge in [0.25, 0.3) is 5.91 Å². The van der Waals surface area contributed by atoms with Gasteiger partial charge in [0.2, 0.25) is 17.8 Å². The van der Waals surface area contributed by atoms with E-state index in [2.05, 4.69) is 42.8 Å². The zero-order valence-corrected chi connectivity index (χ0v) is 23.4. The largest absolute Gasteiger partial charge is 0.493 e. The highest BCUT2D eigenvalue weighted by Gasteiger charge is 2.12. The minimum Gasteiger partial charge on any atom is -0.493 e. The Hall–Kier alpha value is -4.46. The van der Waals surface area contributed by atoms with Crippen molar-refractivity contribution in [2.24, 2.45) is 5.73 Å². The summed E-state index contributed by atoms with van der Waals surface area (Å²) in [5.41, 5.74) is 7.45. The maximum atomic E-state index is 12.5. The molecule has 6 N–H and O–H groups in total. The second-order valence-corrected chi connectivity index (χ2v) is 8.45. The van der Waals surface area contributed by atoms with E-state index in [4.69, 9.17) is 24.7 Å². The summed E-state index contributed by atoms with van der Waals surface area (Å²) in [7, 11) is 3.19. The number of carbonyl (C=O) groups is 1. The molecule has 2 aromatic carbocycles. The number of hydrogen-bond donors (Lipinski definition) is 5. The molecule has 1 heterocycles. The number of carbonyl (C=O) groups excluding carboxylic acids is 1. The van der Waals surface area contributed by atoms with Crippen molar-refractivity contribution in [1.29, 1.82) is 0 Å². The molecule has 0 aliphatic heterocycles. The molecule has 1 amide bonds. The van der Waals surface area contributed by atoms with Gasteiger partial charge >= 0.3 is 0 Å². The molecule has 41 heavy (non-hydrogen) atoms. The van der Waals surface area contributed by atoms with Crippen molar-refractivity contribution in [3.63, 3.8) is 0 Å². The molecule has 13 nitrogen and oxygen atoms in total. The third kappa shape index (κ3) is 10.2. The predicted molar refractivity (Wildman–Crippen MR) is 158 cm³/mol. The molecular weight excluding hydrogens is 528 g/mol. The van der Waals surface area contributed by atoms with Crippen molar-refractivity contribution in [2.45, 2.75) is 6.54 Å². The van der Waals surface area contributed by atoms with Crippen molar-refractivity contribution >= 4 is 29.4 Å². The van der Waals surface area contributed by atoms with Gasteiger partial charge in [0.1, 0.15) is 0 Å². The smallest absolute Gasteiger partial charge is 0.251 e. The van der Waals surface area contributed by atoms with Gasteiger partial charge in [-0.1, -0.05) is 18.2 Å². The standard InChI is InChI=1S/C28H38N8O5/c1-4-13-31-26-34-27(32-19-21-6-5-7-23(38-2)24(21)39-3)36-28(35-26)33-22-10-8-20(9-11-22)25(37)30-14-16-41-18-17-40-15-12-29/h4-11H,1,12-19,29H2,2-3H3,(H,30,37)(H3,31,32,33,34,35,36). The lowest BCUT2D eigenvalue weighted by Gasteiger charge is -2.14. The van der Waals surface area contributed by atoms with Gasteiger partial charge in [0.05, 0.1) is 40.6 Å². The lowest BCUT2D eigenvalue weighted by Crippen LogP contribution is -2.27. The molecule has 0 unspecified atom stereocenters. The number of benzene rings is 2. The zero-order valence-electron chi connectivity index (χ0n) is 23.4. The maximum Gasteiger partial charge on any atom is 0.251 e. The number of methoxy groups -OCH3 is 2. The molecule has 0 fully saturated rings. The van der Waals surface area contributed by atoms with Gasteiger partial charge in [0, 0.05) is 43.0 Å². The second kappa shape index (κ2) is 17.3.